The lowest BCUT2D eigenvalue weighted by atomic mass is 9.77. The molecule has 3 rings (SSSR count). The lowest BCUT2D eigenvalue weighted by molar-refractivity contribution is 0.0128. The fourth-order valence-electron chi connectivity index (χ4n) is 4.28. The molecule has 1 N–H and O–H groups in total. The minimum atomic E-state index is -0.422. The first-order valence-electron chi connectivity index (χ1n) is 9.53. The van der Waals surface area contributed by atoms with Gasteiger partial charge in [-0.2, -0.15) is 0 Å². The van der Waals surface area contributed by atoms with Crippen molar-refractivity contribution < 1.29 is 9.53 Å². The lowest BCUT2D eigenvalue weighted by Gasteiger charge is -2.48. The molecule has 0 aromatic carbocycles. The number of carbonyl (C=O) groups excluding carboxylic acids is 1. The topological polar surface area (TPSA) is 41.6 Å². The van der Waals surface area contributed by atoms with Crippen LogP contribution in [0.15, 0.2) is 0 Å². The molecule has 4 atom stereocenters. The Morgan fingerprint density at radius 2 is 1.87 bits per heavy atom. The first-order chi connectivity index (χ1) is 10.8. The molecule has 2 saturated carbocycles. The number of likely N-dealkylation sites (tertiary alicyclic amines) is 1. The van der Waals surface area contributed by atoms with Gasteiger partial charge in [-0.05, 0) is 64.2 Å². The Kier molecular flexibility index (Phi) is 4.91. The van der Waals surface area contributed by atoms with Gasteiger partial charge in [0.25, 0.3) is 0 Å². The maximum atomic E-state index is 12.1. The van der Waals surface area contributed by atoms with Crippen molar-refractivity contribution in [2.24, 2.45) is 17.8 Å². The number of hydrogen-bond acceptors (Lipinski definition) is 3. The number of amides is 1. The zero-order valence-electron chi connectivity index (χ0n) is 15.3. The van der Waals surface area contributed by atoms with Crippen LogP contribution in [-0.4, -0.2) is 41.8 Å². The highest BCUT2D eigenvalue weighted by atomic mass is 16.6. The molecule has 3 aliphatic rings. The normalized spacial score (nSPS) is 35.5. The van der Waals surface area contributed by atoms with E-state index in [0.717, 1.165) is 36.8 Å². The number of nitrogens with zero attached hydrogens (tertiary/aromatic N) is 1. The second-order valence-corrected chi connectivity index (χ2v) is 9.20. The van der Waals surface area contributed by atoms with E-state index in [-0.39, 0.29) is 12.1 Å². The van der Waals surface area contributed by atoms with Crippen molar-refractivity contribution in [3.63, 3.8) is 0 Å². The third-order valence-electron chi connectivity index (χ3n) is 5.69. The molecule has 4 unspecified atom stereocenters. The van der Waals surface area contributed by atoms with Crippen LogP contribution in [0.3, 0.4) is 0 Å². The molecular weight excluding hydrogens is 288 g/mol. The molecule has 1 aliphatic heterocycles. The number of rotatable bonds is 4. The number of hydrogen-bond donors (Lipinski definition) is 1. The summed E-state index contributed by atoms with van der Waals surface area (Å²) in [7, 11) is 0. The van der Waals surface area contributed by atoms with Crippen molar-refractivity contribution in [2.75, 3.05) is 13.1 Å². The minimum absolute atomic E-state index is 0.246. The Bertz CT molecular complexity index is 428. The Morgan fingerprint density at radius 1 is 1.13 bits per heavy atom. The monoisotopic (exact) mass is 322 g/mol. The van der Waals surface area contributed by atoms with Crippen molar-refractivity contribution in [2.45, 2.75) is 83.9 Å². The first kappa shape index (κ1) is 17.1. The van der Waals surface area contributed by atoms with Crippen molar-refractivity contribution in [1.82, 2.24) is 10.2 Å². The second kappa shape index (κ2) is 6.62. The standard InChI is InChI=1S/C19H34N2O2/c1-13-5-8-17(13)21-11-15(9-14-6-7-14)10-16(12-21)20-18(22)23-19(2,3)4/h13-17H,5-12H2,1-4H3,(H,20,22). The summed E-state index contributed by atoms with van der Waals surface area (Å²) in [4.78, 5) is 14.8. The van der Waals surface area contributed by atoms with Crippen molar-refractivity contribution >= 4 is 6.09 Å². The van der Waals surface area contributed by atoms with Gasteiger partial charge in [-0.25, -0.2) is 4.79 Å². The molecule has 4 nitrogen and oxygen atoms in total. The molecule has 0 bridgehead atoms. The van der Waals surface area contributed by atoms with Crippen LogP contribution < -0.4 is 5.32 Å². The average molecular weight is 322 g/mol. The molecule has 0 aromatic heterocycles. The zero-order valence-corrected chi connectivity index (χ0v) is 15.3. The Hall–Kier alpha value is -0.770. The fraction of sp³-hybridized carbons (Fsp3) is 0.947. The van der Waals surface area contributed by atoms with Crippen LogP contribution in [0.1, 0.15) is 66.2 Å². The molecule has 0 spiro atoms. The number of ether oxygens (including phenoxy) is 1. The van der Waals surface area contributed by atoms with Gasteiger partial charge in [0.1, 0.15) is 5.60 Å². The summed E-state index contributed by atoms with van der Waals surface area (Å²) < 4.78 is 5.46. The van der Waals surface area contributed by atoms with Crippen LogP contribution in [0.25, 0.3) is 0 Å². The maximum Gasteiger partial charge on any atom is 0.407 e. The van der Waals surface area contributed by atoms with Crippen LogP contribution in [0.2, 0.25) is 0 Å². The van der Waals surface area contributed by atoms with E-state index in [2.05, 4.69) is 17.1 Å². The number of carbonyl (C=O) groups is 1. The summed E-state index contributed by atoms with van der Waals surface area (Å²) in [6.07, 6.45) is 7.74. The summed E-state index contributed by atoms with van der Waals surface area (Å²) in [6, 6.07) is 0.982. The fourth-order valence-corrected chi connectivity index (χ4v) is 4.28. The van der Waals surface area contributed by atoms with Crippen molar-refractivity contribution in [3.05, 3.63) is 0 Å². The van der Waals surface area contributed by atoms with Crippen molar-refractivity contribution in [3.8, 4) is 0 Å². The van der Waals surface area contributed by atoms with E-state index in [9.17, 15) is 4.79 Å². The smallest absolute Gasteiger partial charge is 0.407 e. The summed E-state index contributed by atoms with van der Waals surface area (Å²) >= 11 is 0. The van der Waals surface area contributed by atoms with E-state index in [4.69, 9.17) is 4.74 Å². The van der Waals surface area contributed by atoms with Crippen LogP contribution in [0, 0.1) is 17.8 Å². The molecule has 1 heterocycles. The van der Waals surface area contributed by atoms with Gasteiger partial charge in [-0.3, -0.25) is 4.90 Å². The van der Waals surface area contributed by atoms with Crippen LogP contribution in [0.5, 0.6) is 0 Å². The Balaban J connectivity index is 1.57. The van der Waals surface area contributed by atoms with Crippen LogP contribution >= 0.6 is 0 Å². The molecule has 2 aliphatic carbocycles. The molecule has 4 heteroatoms. The van der Waals surface area contributed by atoms with Crippen LogP contribution in [0.4, 0.5) is 4.79 Å². The second-order valence-electron chi connectivity index (χ2n) is 9.20. The highest BCUT2D eigenvalue weighted by Crippen LogP contribution is 2.40. The summed E-state index contributed by atoms with van der Waals surface area (Å²) in [6.45, 7) is 10.4. The third kappa shape index (κ3) is 4.85. The van der Waals surface area contributed by atoms with Gasteiger partial charge in [-0.15, -0.1) is 0 Å². The van der Waals surface area contributed by atoms with E-state index < -0.39 is 5.60 Å². The summed E-state index contributed by atoms with van der Waals surface area (Å²) in [5.41, 5.74) is -0.422. The average Bonchev–Trinajstić information content (AvgIpc) is 3.18. The van der Waals surface area contributed by atoms with E-state index in [1.165, 1.54) is 38.6 Å². The van der Waals surface area contributed by atoms with E-state index >= 15 is 0 Å². The zero-order chi connectivity index (χ0) is 16.6. The molecule has 3 fully saturated rings. The minimum Gasteiger partial charge on any atom is -0.444 e. The molecule has 1 saturated heterocycles. The van der Waals surface area contributed by atoms with Gasteiger partial charge in [0.15, 0.2) is 0 Å². The number of piperidine rings is 1. The van der Waals surface area contributed by atoms with Gasteiger partial charge in [0, 0.05) is 25.2 Å². The molecule has 0 aromatic rings. The largest absolute Gasteiger partial charge is 0.444 e. The number of alkyl carbamates (subject to hydrolysis) is 1. The lowest BCUT2D eigenvalue weighted by Crippen LogP contribution is -2.57. The van der Waals surface area contributed by atoms with Crippen LogP contribution in [-0.2, 0) is 4.74 Å². The molecule has 23 heavy (non-hydrogen) atoms. The summed E-state index contributed by atoms with van der Waals surface area (Å²) in [5, 5.41) is 3.14. The van der Waals surface area contributed by atoms with E-state index in [1.54, 1.807) is 0 Å². The molecular formula is C19H34N2O2. The molecule has 132 valence electrons. The van der Waals surface area contributed by atoms with Crippen molar-refractivity contribution in [1.29, 1.82) is 0 Å². The summed E-state index contributed by atoms with van der Waals surface area (Å²) in [5.74, 6) is 2.52. The highest BCUT2D eigenvalue weighted by Gasteiger charge is 2.39. The molecule has 1 amide bonds. The Labute approximate surface area is 141 Å². The predicted octanol–water partition coefficient (Wildman–Crippen LogP) is 3.80. The van der Waals surface area contributed by atoms with Gasteiger partial charge < -0.3 is 10.1 Å². The van der Waals surface area contributed by atoms with Gasteiger partial charge in [0.2, 0.25) is 0 Å². The van der Waals surface area contributed by atoms with Gasteiger partial charge >= 0.3 is 6.09 Å². The predicted molar refractivity (Wildman–Crippen MR) is 92.4 cm³/mol. The third-order valence-corrected chi connectivity index (χ3v) is 5.69. The SMILES string of the molecule is CC1CCC1N1CC(CC2CC2)CC(NC(=O)OC(C)(C)C)C1. The van der Waals surface area contributed by atoms with E-state index in [1.807, 2.05) is 20.8 Å². The first-order valence-corrected chi connectivity index (χ1v) is 9.53. The van der Waals surface area contributed by atoms with Gasteiger partial charge in [0.05, 0.1) is 0 Å². The van der Waals surface area contributed by atoms with Gasteiger partial charge in [-0.1, -0.05) is 19.8 Å². The Morgan fingerprint density at radius 3 is 2.39 bits per heavy atom. The number of nitrogens with one attached hydrogen (secondary N) is 1. The maximum absolute atomic E-state index is 12.1. The quantitative estimate of drug-likeness (QED) is 0.856. The van der Waals surface area contributed by atoms with E-state index in [0.29, 0.717) is 0 Å². The highest BCUT2D eigenvalue weighted by molar-refractivity contribution is 5.68. The molecule has 0 radical (unpaired) electrons.